The maximum Gasteiger partial charge on any atom is 0.228 e. The van der Waals surface area contributed by atoms with Gasteiger partial charge in [-0.25, -0.2) is 4.98 Å². The largest absolute Gasteiger partial charge is 0.441 e. The first kappa shape index (κ1) is 18.2. The van der Waals surface area contributed by atoms with Gasteiger partial charge in [-0.1, -0.05) is 29.8 Å². The highest BCUT2D eigenvalue weighted by molar-refractivity contribution is 6.33. The maximum atomic E-state index is 6.27. The molecule has 4 rings (SSSR count). The Labute approximate surface area is 164 Å². The van der Waals surface area contributed by atoms with E-state index in [0.717, 1.165) is 56.3 Å². The van der Waals surface area contributed by atoms with Crippen LogP contribution in [0.4, 0.5) is 0 Å². The predicted octanol–water partition coefficient (Wildman–Crippen LogP) is 4.02. The Kier molecular flexibility index (Phi) is 5.53. The molecule has 0 radical (unpaired) electrons. The third kappa shape index (κ3) is 4.38. The van der Waals surface area contributed by atoms with Crippen LogP contribution in [-0.4, -0.2) is 45.9 Å². The molecule has 0 unspecified atom stereocenters. The van der Waals surface area contributed by atoms with Gasteiger partial charge >= 0.3 is 0 Å². The summed E-state index contributed by atoms with van der Waals surface area (Å²) in [7, 11) is 0. The summed E-state index contributed by atoms with van der Waals surface area (Å²) in [6.45, 7) is 7.87. The Morgan fingerprint density at radius 2 is 1.74 bits per heavy atom. The number of benzene rings is 1. The van der Waals surface area contributed by atoms with E-state index in [0.29, 0.717) is 10.9 Å². The molecule has 6 heteroatoms. The van der Waals surface area contributed by atoms with Crippen LogP contribution in [0.25, 0.3) is 11.5 Å². The zero-order valence-electron chi connectivity index (χ0n) is 15.4. The molecular weight excluding hydrogens is 360 g/mol. The second kappa shape index (κ2) is 8.21. The van der Waals surface area contributed by atoms with E-state index in [9.17, 15) is 0 Å². The number of rotatable bonds is 5. The van der Waals surface area contributed by atoms with Crippen molar-refractivity contribution in [2.24, 2.45) is 0 Å². The van der Waals surface area contributed by atoms with Crippen LogP contribution in [0.2, 0.25) is 5.02 Å². The summed E-state index contributed by atoms with van der Waals surface area (Å²) in [5.74, 6) is 1.46. The van der Waals surface area contributed by atoms with Crippen molar-refractivity contribution in [3.05, 3.63) is 70.8 Å². The zero-order chi connectivity index (χ0) is 18.6. The number of hydrogen-bond acceptors (Lipinski definition) is 5. The summed E-state index contributed by atoms with van der Waals surface area (Å²) in [6.07, 6.45) is 3.76. The van der Waals surface area contributed by atoms with Crippen LogP contribution in [0, 0.1) is 6.92 Å². The van der Waals surface area contributed by atoms with E-state index in [4.69, 9.17) is 21.0 Å². The van der Waals surface area contributed by atoms with Crippen molar-refractivity contribution < 1.29 is 4.42 Å². The first-order valence-electron chi connectivity index (χ1n) is 9.24. The Balaban J connectivity index is 1.36. The van der Waals surface area contributed by atoms with Crippen molar-refractivity contribution in [3.8, 4) is 11.5 Å². The molecule has 0 spiro atoms. The van der Waals surface area contributed by atoms with Crippen LogP contribution in [0.5, 0.6) is 0 Å². The van der Waals surface area contributed by atoms with Gasteiger partial charge in [0.25, 0.3) is 0 Å². The average Bonchev–Trinajstić information content (AvgIpc) is 3.05. The molecule has 140 valence electrons. The summed E-state index contributed by atoms with van der Waals surface area (Å²) in [5.41, 5.74) is 3.10. The van der Waals surface area contributed by atoms with E-state index in [2.05, 4.69) is 20.9 Å². The maximum absolute atomic E-state index is 6.27. The number of halogens is 1. The smallest absolute Gasteiger partial charge is 0.228 e. The molecule has 0 aliphatic carbocycles. The van der Waals surface area contributed by atoms with Crippen molar-refractivity contribution in [2.45, 2.75) is 20.0 Å². The van der Waals surface area contributed by atoms with Crippen LogP contribution in [0.15, 0.2) is 53.2 Å². The van der Waals surface area contributed by atoms with Crippen molar-refractivity contribution >= 4 is 11.6 Å². The van der Waals surface area contributed by atoms with Gasteiger partial charge in [0.2, 0.25) is 5.89 Å². The molecule has 1 aliphatic rings. The predicted molar refractivity (Wildman–Crippen MR) is 106 cm³/mol. The van der Waals surface area contributed by atoms with E-state index >= 15 is 0 Å². The Bertz CT molecular complexity index is 888. The fraction of sp³-hybridized carbons (Fsp3) is 0.333. The molecular formula is C21H23ClN4O. The third-order valence-corrected chi connectivity index (χ3v) is 5.29. The van der Waals surface area contributed by atoms with Crippen LogP contribution < -0.4 is 0 Å². The Morgan fingerprint density at radius 3 is 2.44 bits per heavy atom. The zero-order valence-corrected chi connectivity index (χ0v) is 16.2. The molecule has 0 bridgehead atoms. The first-order valence-corrected chi connectivity index (χ1v) is 9.61. The topological polar surface area (TPSA) is 45.4 Å². The first-order chi connectivity index (χ1) is 13.2. The van der Waals surface area contributed by atoms with E-state index in [1.54, 1.807) is 0 Å². The van der Waals surface area contributed by atoms with Crippen molar-refractivity contribution in [3.63, 3.8) is 0 Å². The van der Waals surface area contributed by atoms with Crippen molar-refractivity contribution in [2.75, 3.05) is 26.2 Å². The van der Waals surface area contributed by atoms with Crippen LogP contribution in [-0.2, 0) is 13.1 Å². The van der Waals surface area contributed by atoms with Gasteiger partial charge in [-0.3, -0.25) is 14.8 Å². The lowest BCUT2D eigenvalue weighted by Crippen LogP contribution is -2.45. The summed E-state index contributed by atoms with van der Waals surface area (Å²) >= 11 is 6.27. The summed E-state index contributed by atoms with van der Waals surface area (Å²) in [6, 6.07) is 11.8. The van der Waals surface area contributed by atoms with Gasteiger partial charge in [0.1, 0.15) is 5.76 Å². The second-order valence-electron chi connectivity index (χ2n) is 6.92. The molecule has 1 fully saturated rings. The highest BCUT2D eigenvalue weighted by atomic mass is 35.5. The number of oxazole rings is 1. The minimum atomic E-state index is 0.600. The Hall–Kier alpha value is -2.21. The van der Waals surface area contributed by atoms with Gasteiger partial charge in [0, 0.05) is 51.7 Å². The molecule has 1 aromatic carbocycles. The monoisotopic (exact) mass is 382 g/mol. The van der Waals surface area contributed by atoms with Crippen molar-refractivity contribution in [1.82, 2.24) is 19.8 Å². The number of aryl methyl sites for hydroxylation is 1. The van der Waals surface area contributed by atoms with Gasteiger partial charge in [-0.2, -0.15) is 0 Å². The lowest BCUT2D eigenvalue weighted by atomic mass is 10.2. The number of nitrogens with zero attached hydrogens (tertiary/aromatic N) is 4. The molecule has 3 heterocycles. The molecule has 1 saturated heterocycles. The third-order valence-electron chi connectivity index (χ3n) is 4.96. The summed E-state index contributed by atoms with van der Waals surface area (Å²) in [5, 5.41) is 0.661. The quantitative estimate of drug-likeness (QED) is 0.667. The molecule has 0 amide bonds. The fourth-order valence-electron chi connectivity index (χ4n) is 3.39. The van der Waals surface area contributed by atoms with Crippen molar-refractivity contribution in [1.29, 1.82) is 0 Å². The van der Waals surface area contributed by atoms with Gasteiger partial charge in [-0.05, 0) is 30.7 Å². The van der Waals surface area contributed by atoms with Gasteiger partial charge < -0.3 is 4.42 Å². The summed E-state index contributed by atoms with van der Waals surface area (Å²) < 4.78 is 5.88. The normalized spacial score (nSPS) is 15.9. The number of pyridine rings is 1. The lowest BCUT2D eigenvalue weighted by Gasteiger charge is -2.34. The minimum absolute atomic E-state index is 0.600. The number of piperazine rings is 1. The molecule has 0 N–H and O–H groups in total. The number of aromatic nitrogens is 2. The SMILES string of the molecule is Cc1oc(-c2ccccc2Cl)nc1CN1CCN(Cc2cccnc2)CC1. The number of hydrogen-bond donors (Lipinski definition) is 0. The highest BCUT2D eigenvalue weighted by Crippen LogP contribution is 2.28. The van der Waals surface area contributed by atoms with E-state index in [-0.39, 0.29) is 0 Å². The second-order valence-corrected chi connectivity index (χ2v) is 7.32. The van der Waals surface area contributed by atoms with Crippen LogP contribution in [0.3, 0.4) is 0 Å². The average molecular weight is 383 g/mol. The Morgan fingerprint density at radius 1 is 1.00 bits per heavy atom. The molecule has 5 nitrogen and oxygen atoms in total. The van der Waals surface area contributed by atoms with Crippen LogP contribution >= 0.6 is 11.6 Å². The molecule has 1 aliphatic heterocycles. The van der Waals surface area contributed by atoms with Gasteiger partial charge in [0.05, 0.1) is 16.3 Å². The minimum Gasteiger partial charge on any atom is -0.441 e. The van der Waals surface area contributed by atoms with E-state index in [1.165, 1.54) is 5.56 Å². The standard InChI is InChI=1S/C21H23ClN4O/c1-16-20(24-21(27-16)18-6-2-3-7-19(18)22)15-26-11-9-25(10-12-26)14-17-5-4-8-23-13-17/h2-8,13H,9-12,14-15H2,1H3. The molecule has 3 aromatic rings. The summed E-state index contributed by atoms with van der Waals surface area (Å²) in [4.78, 5) is 13.8. The fourth-order valence-corrected chi connectivity index (χ4v) is 3.61. The molecule has 0 saturated carbocycles. The molecule has 2 aromatic heterocycles. The van der Waals surface area contributed by atoms with E-state index in [1.807, 2.05) is 49.6 Å². The van der Waals surface area contributed by atoms with Gasteiger partial charge in [0.15, 0.2) is 0 Å². The van der Waals surface area contributed by atoms with E-state index < -0.39 is 0 Å². The molecule has 27 heavy (non-hydrogen) atoms. The lowest BCUT2D eigenvalue weighted by molar-refractivity contribution is 0.120. The van der Waals surface area contributed by atoms with Crippen LogP contribution in [0.1, 0.15) is 17.0 Å². The molecule has 0 atom stereocenters. The highest BCUT2D eigenvalue weighted by Gasteiger charge is 2.20. The van der Waals surface area contributed by atoms with Gasteiger partial charge in [-0.15, -0.1) is 0 Å².